The Kier molecular flexibility index (Phi) is 7.22. The first-order valence-electron chi connectivity index (χ1n) is 9.69. The van der Waals surface area contributed by atoms with E-state index in [9.17, 15) is 21.6 Å². The van der Waals surface area contributed by atoms with E-state index < -0.39 is 26.0 Å². The summed E-state index contributed by atoms with van der Waals surface area (Å²) in [5, 5.41) is 4.42. The van der Waals surface area contributed by atoms with Gasteiger partial charge in [0.05, 0.1) is 11.4 Å². The topological polar surface area (TPSA) is 121 Å². The molecule has 0 unspecified atom stereocenters. The van der Waals surface area contributed by atoms with Gasteiger partial charge < -0.3 is 5.32 Å². The smallest absolute Gasteiger partial charge is 0.271 e. The molecule has 1 aromatic heterocycles. The summed E-state index contributed by atoms with van der Waals surface area (Å²) in [7, 11) is -7.21. The minimum atomic E-state index is -3.73. The molecule has 0 saturated heterocycles. The molecular weight excluding hydrogens is 470 g/mol. The van der Waals surface area contributed by atoms with E-state index in [0.717, 1.165) is 11.3 Å². The van der Waals surface area contributed by atoms with Crippen molar-refractivity contribution in [2.24, 2.45) is 0 Å². The highest BCUT2D eigenvalue weighted by Gasteiger charge is 2.17. The SMILES string of the molecule is CCCS(=O)(=O)Nc1cccc(NC(=O)c2cccc(NS(=O)(=O)c3cccs3)c2)c1C. The van der Waals surface area contributed by atoms with Gasteiger partial charge in [0.1, 0.15) is 4.21 Å². The van der Waals surface area contributed by atoms with E-state index in [0.29, 0.717) is 23.4 Å². The highest BCUT2D eigenvalue weighted by Crippen LogP contribution is 2.26. The first kappa shape index (κ1) is 23.8. The molecule has 0 fully saturated rings. The van der Waals surface area contributed by atoms with E-state index in [-0.39, 0.29) is 21.2 Å². The summed E-state index contributed by atoms with van der Waals surface area (Å²) < 4.78 is 54.2. The highest BCUT2D eigenvalue weighted by molar-refractivity contribution is 7.94. The average Bonchev–Trinajstić information content (AvgIpc) is 3.26. The Bertz CT molecular complexity index is 1320. The van der Waals surface area contributed by atoms with Crippen LogP contribution >= 0.6 is 11.3 Å². The van der Waals surface area contributed by atoms with Crippen LogP contribution in [-0.4, -0.2) is 28.5 Å². The zero-order valence-corrected chi connectivity index (χ0v) is 19.9. The number of sulfonamides is 2. The first-order chi connectivity index (χ1) is 15.1. The molecule has 1 heterocycles. The number of benzene rings is 2. The van der Waals surface area contributed by atoms with Crippen LogP contribution in [0.2, 0.25) is 0 Å². The van der Waals surface area contributed by atoms with Gasteiger partial charge in [-0.15, -0.1) is 11.3 Å². The summed E-state index contributed by atoms with van der Waals surface area (Å²) in [5.74, 6) is -0.462. The number of carbonyl (C=O) groups is 1. The number of nitrogens with one attached hydrogen (secondary N) is 3. The molecule has 170 valence electrons. The number of amides is 1. The van der Waals surface area contributed by atoms with Crippen LogP contribution < -0.4 is 14.8 Å². The van der Waals surface area contributed by atoms with E-state index >= 15 is 0 Å². The summed E-state index contributed by atoms with van der Waals surface area (Å²) in [4.78, 5) is 12.8. The van der Waals surface area contributed by atoms with Crippen LogP contribution in [0, 0.1) is 6.92 Å². The van der Waals surface area contributed by atoms with Gasteiger partial charge in [-0.1, -0.05) is 25.1 Å². The first-order valence-corrected chi connectivity index (χ1v) is 13.7. The predicted octanol–water partition coefficient (Wildman–Crippen LogP) is 4.26. The number of thiophene rings is 1. The third kappa shape index (κ3) is 5.87. The Balaban J connectivity index is 1.78. The summed E-state index contributed by atoms with van der Waals surface area (Å²) in [6, 6.07) is 14.2. The Labute approximate surface area is 191 Å². The van der Waals surface area contributed by atoms with Crippen LogP contribution in [0.4, 0.5) is 17.1 Å². The number of hydrogen-bond acceptors (Lipinski definition) is 6. The molecule has 1 amide bonds. The largest absolute Gasteiger partial charge is 0.322 e. The van der Waals surface area contributed by atoms with Crippen molar-refractivity contribution >= 4 is 54.4 Å². The molecular formula is C21H23N3O5S3. The van der Waals surface area contributed by atoms with Crippen molar-refractivity contribution < 1.29 is 21.6 Å². The lowest BCUT2D eigenvalue weighted by Crippen LogP contribution is -2.18. The van der Waals surface area contributed by atoms with Gasteiger partial charge in [-0.25, -0.2) is 16.8 Å². The fourth-order valence-electron chi connectivity index (χ4n) is 2.91. The summed E-state index contributed by atoms with van der Waals surface area (Å²) >= 11 is 1.09. The average molecular weight is 494 g/mol. The molecule has 3 N–H and O–H groups in total. The van der Waals surface area contributed by atoms with E-state index in [2.05, 4.69) is 14.8 Å². The molecule has 0 aliphatic heterocycles. The van der Waals surface area contributed by atoms with Crippen molar-refractivity contribution in [3.63, 3.8) is 0 Å². The highest BCUT2D eigenvalue weighted by atomic mass is 32.2. The van der Waals surface area contributed by atoms with Gasteiger partial charge in [0, 0.05) is 16.9 Å². The zero-order chi connectivity index (χ0) is 23.4. The molecule has 8 nitrogen and oxygen atoms in total. The molecule has 0 atom stereocenters. The van der Waals surface area contributed by atoms with Crippen LogP contribution in [-0.2, 0) is 20.0 Å². The number of carbonyl (C=O) groups excluding carboxylic acids is 1. The van der Waals surface area contributed by atoms with E-state index in [4.69, 9.17) is 0 Å². The van der Waals surface area contributed by atoms with Crippen molar-refractivity contribution in [1.82, 2.24) is 0 Å². The minimum Gasteiger partial charge on any atom is -0.322 e. The number of rotatable bonds is 9. The van der Waals surface area contributed by atoms with Crippen molar-refractivity contribution in [3.8, 4) is 0 Å². The number of anilines is 3. The number of hydrogen-bond donors (Lipinski definition) is 3. The lowest BCUT2D eigenvalue weighted by atomic mass is 10.1. The minimum absolute atomic E-state index is 0.00278. The van der Waals surface area contributed by atoms with Crippen LogP contribution in [0.15, 0.2) is 64.2 Å². The molecule has 0 spiro atoms. The summed E-state index contributed by atoms with van der Waals surface area (Å²) in [5.41, 5.74) is 1.89. The molecule has 0 aliphatic carbocycles. The van der Waals surface area contributed by atoms with Crippen LogP contribution in [0.25, 0.3) is 0 Å². The van der Waals surface area contributed by atoms with Gasteiger partial charge in [-0.2, -0.15) is 0 Å². The maximum Gasteiger partial charge on any atom is 0.271 e. The van der Waals surface area contributed by atoms with Gasteiger partial charge in [0.15, 0.2) is 0 Å². The van der Waals surface area contributed by atoms with Gasteiger partial charge in [-0.05, 0) is 60.7 Å². The second kappa shape index (κ2) is 9.72. The summed E-state index contributed by atoms with van der Waals surface area (Å²) in [6.45, 7) is 3.47. The molecule has 0 saturated carbocycles. The van der Waals surface area contributed by atoms with E-state index in [1.165, 1.54) is 12.1 Å². The molecule has 32 heavy (non-hydrogen) atoms. The summed E-state index contributed by atoms with van der Waals surface area (Å²) in [6.07, 6.45) is 0.484. The monoisotopic (exact) mass is 493 g/mol. The van der Waals surface area contributed by atoms with E-state index in [1.54, 1.807) is 61.7 Å². The Morgan fingerprint density at radius 3 is 2.34 bits per heavy atom. The second-order valence-corrected chi connectivity index (χ2v) is 11.7. The molecule has 3 aromatic rings. The predicted molar refractivity (Wildman–Crippen MR) is 128 cm³/mol. The molecule has 11 heteroatoms. The quantitative estimate of drug-likeness (QED) is 0.411. The Morgan fingerprint density at radius 1 is 0.938 bits per heavy atom. The lowest BCUT2D eigenvalue weighted by Gasteiger charge is -2.14. The molecule has 0 aliphatic rings. The molecule has 0 radical (unpaired) electrons. The van der Waals surface area contributed by atoms with Gasteiger partial charge >= 0.3 is 0 Å². The Hall–Kier alpha value is -2.89. The van der Waals surface area contributed by atoms with Crippen molar-refractivity contribution in [1.29, 1.82) is 0 Å². The molecule has 2 aromatic carbocycles. The fourth-order valence-corrected chi connectivity index (χ4v) is 6.15. The fraction of sp³-hybridized carbons (Fsp3) is 0.190. The van der Waals surface area contributed by atoms with Gasteiger partial charge in [-0.3, -0.25) is 14.2 Å². The molecule has 3 rings (SSSR count). The molecule has 0 bridgehead atoms. The third-order valence-corrected chi connectivity index (χ3v) is 8.71. The van der Waals surface area contributed by atoms with Crippen LogP contribution in [0.3, 0.4) is 0 Å². The van der Waals surface area contributed by atoms with Crippen LogP contribution in [0.1, 0.15) is 29.3 Å². The maximum atomic E-state index is 12.8. The van der Waals surface area contributed by atoms with Gasteiger partial charge in [0.25, 0.3) is 15.9 Å². The van der Waals surface area contributed by atoms with Crippen LogP contribution in [0.5, 0.6) is 0 Å². The zero-order valence-electron chi connectivity index (χ0n) is 17.5. The Morgan fingerprint density at radius 2 is 1.66 bits per heavy atom. The maximum absolute atomic E-state index is 12.8. The normalized spacial score (nSPS) is 11.7. The van der Waals surface area contributed by atoms with Gasteiger partial charge in [0.2, 0.25) is 10.0 Å². The van der Waals surface area contributed by atoms with Crippen molar-refractivity contribution in [3.05, 3.63) is 71.1 Å². The standard InChI is InChI=1S/C21H23N3O5S3/c1-3-13-31(26,27)24-19-10-5-9-18(15(19)2)22-21(25)16-7-4-8-17(14-16)23-32(28,29)20-11-6-12-30-20/h4-12,14,23-24H,3,13H2,1-2H3,(H,22,25). The lowest BCUT2D eigenvalue weighted by molar-refractivity contribution is 0.102. The van der Waals surface area contributed by atoms with Crippen molar-refractivity contribution in [2.75, 3.05) is 20.5 Å². The van der Waals surface area contributed by atoms with Crippen molar-refractivity contribution in [2.45, 2.75) is 24.5 Å². The van der Waals surface area contributed by atoms with E-state index in [1.807, 2.05) is 0 Å². The second-order valence-electron chi connectivity index (χ2n) is 6.97. The third-order valence-electron chi connectivity index (χ3n) is 4.46.